The molecule has 4 rings (SSSR count). The van der Waals surface area contributed by atoms with Crippen LogP contribution < -0.4 is 16.0 Å². The zero-order valence-corrected chi connectivity index (χ0v) is 27.0. The maximum absolute atomic E-state index is 13.6. The van der Waals surface area contributed by atoms with E-state index in [9.17, 15) is 19.2 Å². The average molecular weight is 636 g/mol. The second-order valence-electron chi connectivity index (χ2n) is 10.7. The van der Waals surface area contributed by atoms with Gasteiger partial charge in [0, 0.05) is 16.1 Å². The van der Waals surface area contributed by atoms with Gasteiger partial charge in [-0.3, -0.25) is 14.4 Å². The number of carbonyl (C=O) groups excluding carboxylic acids is 4. The summed E-state index contributed by atoms with van der Waals surface area (Å²) in [5, 5.41) is 8.02. The van der Waals surface area contributed by atoms with E-state index in [1.165, 1.54) is 18.9 Å². The molecular weight excluding hydrogens is 598 g/mol. The Morgan fingerprint density at radius 3 is 2.20 bits per heavy atom. The van der Waals surface area contributed by atoms with Crippen molar-refractivity contribution in [3.8, 4) is 0 Å². The van der Waals surface area contributed by atoms with Gasteiger partial charge in [0.1, 0.15) is 5.70 Å². The van der Waals surface area contributed by atoms with Crippen LogP contribution in [0.5, 0.6) is 0 Å². The molecule has 8 nitrogen and oxygen atoms in total. The van der Waals surface area contributed by atoms with Gasteiger partial charge in [-0.15, -0.1) is 11.8 Å². The Bertz CT molecular complexity index is 1720. The van der Waals surface area contributed by atoms with Gasteiger partial charge in [-0.05, 0) is 72.0 Å². The number of carbonyl (C=O) groups is 4. The highest BCUT2D eigenvalue weighted by Crippen LogP contribution is 2.29. The molecule has 0 saturated heterocycles. The number of esters is 1. The normalized spacial score (nSPS) is 11.8. The fraction of sp³-hybridized carbons (Fsp3) is 0.189. The van der Waals surface area contributed by atoms with Gasteiger partial charge in [0.2, 0.25) is 5.91 Å². The maximum Gasteiger partial charge on any atom is 0.339 e. The van der Waals surface area contributed by atoms with Crippen LogP contribution in [0, 0.1) is 0 Å². The number of benzene rings is 4. The van der Waals surface area contributed by atoms with Gasteiger partial charge in [0.05, 0.1) is 23.6 Å². The number of hydrogen-bond donors (Lipinski definition) is 3. The minimum atomic E-state index is -0.541. The number of para-hydroxylation sites is 1. The molecule has 9 heteroatoms. The molecule has 46 heavy (non-hydrogen) atoms. The molecule has 0 saturated carbocycles. The van der Waals surface area contributed by atoms with E-state index in [0.717, 1.165) is 16.0 Å². The quantitative estimate of drug-likeness (QED) is 0.0843. The summed E-state index contributed by atoms with van der Waals surface area (Å²) < 4.78 is 4.84. The molecule has 0 spiro atoms. The lowest BCUT2D eigenvalue weighted by Crippen LogP contribution is -2.30. The Kier molecular flexibility index (Phi) is 11.9. The smallest absolute Gasteiger partial charge is 0.339 e. The Morgan fingerprint density at radius 2 is 1.52 bits per heavy atom. The summed E-state index contributed by atoms with van der Waals surface area (Å²) in [6.45, 7) is 6.11. The van der Waals surface area contributed by atoms with E-state index in [1.807, 2.05) is 43.3 Å². The van der Waals surface area contributed by atoms with Gasteiger partial charge in [0.25, 0.3) is 11.8 Å². The second-order valence-corrected chi connectivity index (χ2v) is 12.0. The van der Waals surface area contributed by atoms with E-state index in [-0.39, 0.29) is 17.2 Å². The van der Waals surface area contributed by atoms with Crippen LogP contribution in [0.4, 0.5) is 11.4 Å². The van der Waals surface area contributed by atoms with Crippen molar-refractivity contribution in [3.63, 3.8) is 0 Å². The van der Waals surface area contributed by atoms with E-state index < -0.39 is 23.0 Å². The third-order valence-corrected chi connectivity index (χ3v) is 8.42. The van der Waals surface area contributed by atoms with Crippen LogP contribution in [-0.2, 0) is 14.3 Å². The molecule has 0 aromatic heterocycles. The highest BCUT2D eigenvalue weighted by Gasteiger charge is 2.21. The van der Waals surface area contributed by atoms with Crippen LogP contribution in [0.1, 0.15) is 65.0 Å². The topological polar surface area (TPSA) is 114 Å². The van der Waals surface area contributed by atoms with Gasteiger partial charge < -0.3 is 20.7 Å². The molecule has 0 heterocycles. The lowest BCUT2D eigenvalue weighted by Gasteiger charge is -2.17. The first kappa shape index (κ1) is 33.7. The lowest BCUT2D eigenvalue weighted by atomic mass is 10.0. The fourth-order valence-corrected chi connectivity index (χ4v) is 5.52. The largest absolute Gasteiger partial charge is 0.465 e. The van der Waals surface area contributed by atoms with E-state index in [0.29, 0.717) is 29.3 Å². The van der Waals surface area contributed by atoms with Crippen LogP contribution >= 0.6 is 11.8 Å². The third kappa shape index (κ3) is 9.18. The number of ether oxygens (including phenoxy) is 1. The van der Waals surface area contributed by atoms with Gasteiger partial charge in [-0.2, -0.15) is 0 Å². The van der Waals surface area contributed by atoms with Crippen LogP contribution in [-0.4, -0.2) is 36.1 Å². The molecule has 0 radical (unpaired) electrons. The van der Waals surface area contributed by atoms with Crippen molar-refractivity contribution in [3.05, 3.63) is 131 Å². The SMILES string of the molecule is CCC(Sc1cccc(NC(=O)/C(=C\c2ccc(C(C)C)cc2)NC(=O)c2ccccc2)c1)C(=O)Nc1ccccc1C(=O)OC. The summed E-state index contributed by atoms with van der Waals surface area (Å²) in [4.78, 5) is 52.7. The number of anilines is 2. The molecule has 1 atom stereocenters. The number of thioether (sulfide) groups is 1. The van der Waals surface area contributed by atoms with Crippen LogP contribution in [0.2, 0.25) is 0 Å². The van der Waals surface area contributed by atoms with Crippen LogP contribution in [0.15, 0.2) is 114 Å². The summed E-state index contributed by atoms with van der Waals surface area (Å²) in [5.74, 6) is -1.35. The maximum atomic E-state index is 13.6. The summed E-state index contributed by atoms with van der Waals surface area (Å²) in [6, 6.07) is 30.3. The Labute approximate surface area is 273 Å². The number of amides is 3. The molecule has 3 amide bonds. The Hall–Kier alpha value is -5.15. The zero-order valence-electron chi connectivity index (χ0n) is 26.2. The third-order valence-electron chi connectivity index (χ3n) is 7.07. The zero-order chi connectivity index (χ0) is 33.1. The highest BCUT2D eigenvalue weighted by atomic mass is 32.2. The Morgan fingerprint density at radius 1 is 0.826 bits per heavy atom. The summed E-state index contributed by atoms with van der Waals surface area (Å²) >= 11 is 1.34. The Balaban J connectivity index is 1.51. The predicted molar refractivity (Wildman–Crippen MR) is 184 cm³/mol. The number of rotatable bonds is 12. The van der Waals surface area contributed by atoms with Crippen molar-refractivity contribution in [2.75, 3.05) is 17.7 Å². The molecular formula is C37H37N3O5S. The first-order chi connectivity index (χ1) is 22.2. The summed E-state index contributed by atoms with van der Waals surface area (Å²) in [7, 11) is 1.29. The van der Waals surface area contributed by atoms with Crippen LogP contribution in [0.3, 0.4) is 0 Å². The van der Waals surface area contributed by atoms with Crippen molar-refractivity contribution < 1.29 is 23.9 Å². The second kappa shape index (κ2) is 16.2. The first-order valence-electron chi connectivity index (χ1n) is 14.9. The van der Waals surface area contributed by atoms with Crippen molar-refractivity contribution in [1.29, 1.82) is 0 Å². The van der Waals surface area contributed by atoms with Crippen molar-refractivity contribution in [1.82, 2.24) is 5.32 Å². The summed E-state index contributed by atoms with van der Waals surface area (Å²) in [5.41, 5.74) is 3.57. The van der Waals surface area contributed by atoms with Crippen molar-refractivity contribution in [2.24, 2.45) is 0 Å². The molecule has 1 unspecified atom stereocenters. The van der Waals surface area contributed by atoms with E-state index in [4.69, 9.17) is 4.74 Å². The predicted octanol–water partition coefficient (Wildman–Crippen LogP) is 7.52. The van der Waals surface area contributed by atoms with Crippen LogP contribution in [0.25, 0.3) is 6.08 Å². The highest BCUT2D eigenvalue weighted by molar-refractivity contribution is 8.00. The summed E-state index contributed by atoms with van der Waals surface area (Å²) in [6.07, 6.45) is 2.16. The van der Waals surface area contributed by atoms with Gasteiger partial charge in [-0.1, -0.05) is 81.4 Å². The van der Waals surface area contributed by atoms with E-state index >= 15 is 0 Å². The fourth-order valence-electron chi connectivity index (χ4n) is 4.51. The van der Waals surface area contributed by atoms with E-state index in [1.54, 1.807) is 72.8 Å². The van der Waals surface area contributed by atoms with Gasteiger partial charge >= 0.3 is 5.97 Å². The number of hydrogen-bond acceptors (Lipinski definition) is 6. The average Bonchev–Trinajstić information content (AvgIpc) is 3.07. The minimum absolute atomic E-state index is 0.0827. The standard InChI is InChI=1S/C37H37N3O5S/c1-5-33(36(43)39-31-17-10-9-16-30(31)37(44)45-4)46-29-15-11-14-28(23-29)38-35(42)32(40-34(41)27-12-7-6-8-13-27)22-25-18-20-26(21-19-25)24(2)3/h6-24,33H,5H2,1-4H3,(H,38,42)(H,39,43)(H,40,41)/b32-22+. The van der Waals surface area contributed by atoms with Gasteiger partial charge in [-0.25, -0.2) is 4.79 Å². The molecule has 0 bridgehead atoms. The molecule has 0 aliphatic heterocycles. The number of methoxy groups -OCH3 is 1. The number of nitrogens with one attached hydrogen (secondary N) is 3. The molecule has 0 aliphatic carbocycles. The first-order valence-corrected chi connectivity index (χ1v) is 15.8. The van der Waals surface area contributed by atoms with Gasteiger partial charge in [0.15, 0.2) is 0 Å². The molecule has 236 valence electrons. The molecule has 3 N–H and O–H groups in total. The molecule has 0 fully saturated rings. The molecule has 4 aromatic carbocycles. The monoisotopic (exact) mass is 635 g/mol. The molecule has 0 aliphatic rings. The van der Waals surface area contributed by atoms with Crippen molar-refractivity contribution in [2.45, 2.75) is 43.3 Å². The minimum Gasteiger partial charge on any atom is -0.465 e. The lowest BCUT2D eigenvalue weighted by molar-refractivity contribution is -0.116. The van der Waals surface area contributed by atoms with Crippen molar-refractivity contribution >= 4 is 52.9 Å². The molecule has 4 aromatic rings. The van der Waals surface area contributed by atoms with E-state index in [2.05, 4.69) is 29.8 Å².